The third kappa shape index (κ3) is 4.03. The molecule has 0 aromatic heterocycles. The van der Waals surface area contributed by atoms with Crippen molar-refractivity contribution in [3.05, 3.63) is 35.9 Å². The summed E-state index contributed by atoms with van der Waals surface area (Å²) in [7, 11) is 3.61. The largest absolute Gasteiger partial charge is 0.347 e. The molecule has 0 bridgehead atoms. The van der Waals surface area contributed by atoms with E-state index < -0.39 is 0 Å². The highest BCUT2D eigenvalue weighted by Crippen LogP contribution is 2.29. The van der Waals surface area contributed by atoms with Gasteiger partial charge in [0, 0.05) is 33.1 Å². The summed E-state index contributed by atoms with van der Waals surface area (Å²) in [6.45, 7) is 3.43. The van der Waals surface area contributed by atoms with Crippen molar-refractivity contribution in [1.29, 1.82) is 0 Å². The first-order chi connectivity index (χ1) is 12.1. The van der Waals surface area contributed by atoms with Crippen molar-refractivity contribution in [3.63, 3.8) is 0 Å². The number of hydrogen-bond acceptors (Lipinski definition) is 3. The van der Waals surface area contributed by atoms with Gasteiger partial charge in [-0.25, -0.2) is 0 Å². The van der Waals surface area contributed by atoms with Crippen molar-refractivity contribution in [2.24, 2.45) is 5.92 Å². The predicted molar refractivity (Wildman–Crippen MR) is 98.0 cm³/mol. The Morgan fingerprint density at radius 3 is 2.16 bits per heavy atom. The van der Waals surface area contributed by atoms with E-state index in [1.165, 1.54) is 0 Å². The Morgan fingerprint density at radius 2 is 1.60 bits per heavy atom. The predicted octanol–water partition coefficient (Wildman–Crippen LogP) is 2.15. The third-order valence-electron chi connectivity index (χ3n) is 5.45. The average Bonchev–Trinajstić information content (AvgIpc) is 3.17. The number of rotatable bonds is 4. The molecular weight excluding hydrogens is 314 g/mol. The SMILES string of the molecule is CN(C)C(=O)C(c1ccccc1)N1CCC(C(=O)N2CCCC2)CC1. The number of carbonyl (C=O) groups excluding carboxylic acids is 2. The van der Waals surface area contributed by atoms with Crippen molar-refractivity contribution in [3.8, 4) is 0 Å². The Bertz CT molecular complexity index is 588. The van der Waals surface area contributed by atoms with Gasteiger partial charge in [-0.1, -0.05) is 30.3 Å². The number of hydrogen-bond donors (Lipinski definition) is 0. The molecule has 2 amide bonds. The normalized spacial score (nSPS) is 20.5. The molecule has 136 valence electrons. The first-order valence-corrected chi connectivity index (χ1v) is 9.37. The van der Waals surface area contributed by atoms with E-state index in [0.29, 0.717) is 5.91 Å². The summed E-state index contributed by atoms with van der Waals surface area (Å²) in [5.41, 5.74) is 1.03. The molecule has 0 aliphatic carbocycles. The van der Waals surface area contributed by atoms with Crippen LogP contribution in [-0.2, 0) is 9.59 Å². The molecule has 0 spiro atoms. The van der Waals surface area contributed by atoms with Gasteiger partial charge in [-0.15, -0.1) is 0 Å². The van der Waals surface area contributed by atoms with Crippen molar-refractivity contribution in [1.82, 2.24) is 14.7 Å². The lowest BCUT2D eigenvalue weighted by atomic mass is 9.92. The number of benzene rings is 1. The van der Waals surface area contributed by atoms with Crippen LogP contribution in [0.5, 0.6) is 0 Å². The van der Waals surface area contributed by atoms with Gasteiger partial charge in [-0.05, 0) is 44.3 Å². The topological polar surface area (TPSA) is 43.9 Å². The number of carbonyl (C=O) groups is 2. The fraction of sp³-hybridized carbons (Fsp3) is 0.600. The second-order valence-corrected chi connectivity index (χ2v) is 7.39. The van der Waals surface area contributed by atoms with E-state index in [9.17, 15) is 9.59 Å². The lowest BCUT2D eigenvalue weighted by molar-refractivity contribution is -0.138. The first kappa shape index (κ1) is 17.9. The van der Waals surface area contributed by atoms with Crippen LogP contribution in [0.15, 0.2) is 30.3 Å². The van der Waals surface area contributed by atoms with Crippen LogP contribution < -0.4 is 0 Å². The monoisotopic (exact) mass is 343 g/mol. The second-order valence-electron chi connectivity index (χ2n) is 7.39. The molecule has 0 saturated carbocycles. The first-order valence-electron chi connectivity index (χ1n) is 9.37. The minimum absolute atomic E-state index is 0.107. The van der Waals surface area contributed by atoms with Crippen molar-refractivity contribution < 1.29 is 9.59 Å². The molecule has 5 heteroatoms. The van der Waals surface area contributed by atoms with Gasteiger partial charge in [0.25, 0.3) is 0 Å². The van der Waals surface area contributed by atoms with E-state index in [1.54, 1.807) is 4.90 Å². The van der Waals surface area contributed by atoms with Gasteiger partial charge in [-0.2, -0.15) is 0 Å². The van der Waals surface area contributed by atoms with E-state index in [2.05, 4.69) is 4.90 Å². The Kier molecular flexibility index (Phi) is 5.74. The quantitative estimate of drug-likeness (QED) is 0.841. The minimum atomic E-state index is -0.251. The Hall–Kier alpha value is -1.88. The molecule has 3 rings (SSSR count). The molecule has 2 heterocycles. The van der Waals surface area contributed by atoms with Crippen LogP contribution in [0.25, 0.3) is 0 Å². The molecule has 1 aromatic rings. The molecule has 2 aliphatic heterocycles. The highest BCUT2D eigenvalue weighted by molar-refractivity contribution is 5.83. The van der Waals surface area contributed by atoms with E-state index in [1.807, 2.05) is 49.3 Å². The van der Waals surface area contributed by atoms with E-state index in [4.69, 9.17) is 0 Å². The number of likely N-dealkylation sites (N-methyl/N-ethyl adjacent to an activating group) is 1. The molecule has 1 aromatic carbocycles. The Morgan fingerprint density at radius 1 is 1.00 bits per heavy atom. The van der Waals surface area contributed by atoms with Gasteiger partial charge in [0.1, 0.15) is 6.04 Å². The fourth-order valence-corrected chi connectivity index (χ4v) is 3.99. The van der Waals surface area contributed by atoms with Gasteiger partial charge < -0.3 is 9.80 Å². The summed E-state index contributed by atoms with van der Waals surface area (Å²) in [5, 5.41) is 0. The Balaban J connectivity index is 1.67. The summed E-state index contributed by atoms with van der Waals surface area (Å²) in [4.78, 5) is 31.3. The van der Waals surface area contributed by atoms with Crippen LogP contribution >= 0.6 is 0 Å². The van der Waals surface area contributed by atoms with Gasteiger partial charge >= 0.3 is 0 Å². The average molecular weight is 343 g/mol. The van der Waals surface area contributed by atoms with Crippen molar-refractivity contribution in [2.45, 2.75) is 31.7 Å². The summed E-state index contributed by atoms with van der Waals surface area (Å²) in [6, 6.07) is 9.73. The zero-order valence-electron chi connectivity index (χ0n) is 15.4. The molecule has 2 aliphatic rings. The molecule has 2 saturated heterocycles. The summed E-state index contributed by atoms with van der Waals surface area (Å²) < 4.78 is 0. The van der Waals surface area contributed by atoms with Crippen LogP contribution in [0.3, 0.4) is 0 Å². The maximum absolute atomic E-state index is 12.8. The molecule has 0 radical (unpaired) electrons. The molecule has 25 heavy (non-hydrogen) atoms. The molecule has 1 unspecified atom stereocenters. The number of nitrogens with zero attached hydrogens (tertiary/aromatic N) is 3. The molecule has 2 fully saturated rings. The smallest absolute Gasteiger partial charge is 0.244 e. The van der Waals surface area contributed by atoms with Crippen LogP contribution in [0.1, 0.15) is 37.3 Å². The third-order valence-corrected chi connectivity index (χ3v) is 5.45. The van der Waals surface area contributed by atoms with Crippen LogP contribution in [-0.4, -0.2) is 66.8 Å². The number of piperidine rings is 1. The second kappa shape index (κ2) is 8.00. The minimum Gasteiger partial charge on any atom is -0.347 e. The Labute approximate surface area is 150 Å². The number of likely N-dealkylation sites (tertiary alicyclic amines) is 2. The van der Waals surface area contributed by atoms with Crippen LogP contribution in [0.2, 0.25) is 0 Å². The number of amides is 2. The van der Waals surface area contributed by atoms with E-state index in [-0.39, 0.29) is 17.9 Å². The lowest BCUT2D eigenvalue weighted by Gasteiger charge is -2.38. The van der Waals surface area contributed by atoms with E-state index >= 15 is 0 Å². The van der Waals surface area contributed by atoms with Gasteiger partial charge in [-0.3, -0.25) is 14.5 Å². The summed E-state index contributed by atoms with van der Waals surface area (Å²) in [5.74, 6) is 0.558. The van der Waals surface area contributed by atoms with Crippen LogP contribution in [0, 0.1) is 5.92 Å². The van der Waals surface area contributed by atoms with Gasteiger partial charge in [0.05, 0.1) is 0 Å². The molecule has 5 nitrogen and oxygen atoms in total. The van der Waals surface area contributed by atoms with Crippen molar-refractivity contribution in [2.75, 3.05) is 40.3 Å². The maximum atomic E-state index is 12.8. The van der Waals surface area contributed by atoms with Gasteiger partial charge in [0.2, 0.25) is 11.8 Å². The molecular formula is C20H29N3O2. The zero-order chi connectivity index (χ0) is 17.8. The summed E-state index contributed by atoms with van der Waals surface area (Å²) in [6.07, 6.45) is 3.97. The standard InChI is InChI=1S/C20H29N3O2/c1-21(2)20(25)18(16-8-4-3-5-9-16)22-14-10-17(11-15-22)19(24)23-12-6-7-13-23/h3-5,8-9,17-18H,6-7,10-15H2,1-2H3. The highest BCUT2D eigenvalue weighted by atomic mass is 16.2. The maximum Gasteiger partial charge on any atom is 0.244 e. The van der Waals surface area contributed by atoms with Crippen LogP contribution in [0.4, 0.5) is 0 Å². The molecule has 1 atom stereocenters. The van der Waals surface area contributed by atoms with Crippen molar-refractivity contribution >= 4 is 11.8 Å². The zero-order valence-corrected chi connectivity index (χ0v) is 15.4. The fourth-order valence-electron chi connectivity index (χ4n) is 3.99. The summed E-state index contributed by atoms with van der Waals surface area (Å²) >= 11 is 0. The van der Waals surface area contributed by atoms with Gasteiger partial charge in [0.15, 0.2) is 0 Å². The van der Waals surface area contributed by atoms with E-state index in [0.717, 1.165) is 57.4 Å². The highest BCUT2D eigenvalue weighted by Gasteiger charge is 2.35. The molecule has 0 N–H and O–H groups in total. The lowest BCUT2D eigenvalue weighted by Crippen LogP contribution is -2.46.